The molecular formula is C18H30O4SSi. The predicted octanol–water partition coefficient (Wildman–Crippen LogP) is 4.38. The van der Waals surface area contributed by atoms with Crippen molar-refractivity contribution in [2.75, 3.05) is 0 Å². The lowest BCUT2D eigenvalue weighted by Gasteiger charge is -2.39. The van der Waals surface area contributed by atoms with E-state index >= 15 is 0 Å². The zero-order valence-electron chi connectivity index (χ0n) is 15.6. The van der Waals surface area contributed by atoms with Crippen LogP contribution in [0.15, 0.2) is 35.2 Å². The number of hydrogen-bond acceptors (Lipinski definition) is 4. The van der Waals surface area contributed by atoms with Gasteiger partial charge in [-0.25, -0.2) is 8.42 Å². The quantitative estimate of drug-likeness (QED) is 0.528. The fourth-order valence-corrected chi connectivity index (χ4v) is 5.47. The van der Waals surface area contributed by atoms with Gasteiger partial charge in [0.1, 0.15) is 6.10 Å². The lowest BCUT2D eigenvalue weighted by atomic mass is 10.1. The van der Waals surface area contributed by atoms with E-state index in [0.717, 1.165) is 12.8 Å². The molecule has 0 unspecified atom stereocenters. The molecule has 3 atom stereocenters. The van der Waals surface area contributed by atoms with Crippen molar-refractivity contribution in [3.63, 3.8) is 0 Å². The Labute approximate surface area is 147 Å². The summed E-state index contributed by atoms with van der Waals surface area (Å²) in [5, 5.41) is 0.0850. The van der Waals surface area contributed by atoms with Gasteiger partial charge in [-0.3, -0.25) is 0 Å². The summed E-state index contributed by atoms with van der Waals surface area (Å²) in [6.07, 6.45) is 1.25. The molecule has 24 heavy (non-hydrogen) atoms. The molecule has 0 amide bonds. The molecule has 1 aliphatic rings. The molecule has 1 heterocycles. The number of hydrogen-bond donors (Lipinski definition) is 0. The Morgan fingerprint density at radius 1 is 1.21 bits per heavy atom. The first-order valence-corrected chi connectivity index (χ1v) is 13.1. The van der Waals surface area contributed by atoms with Crippen molar-refractivity contribution >= 4 is 18.2 Å². The van der Waals surface area contributed by atoms with E-state index in [1.807, 2.05) is 6.07 Å². The van der Waals surface area contributed by atoms with E-state index in [1.54, 1.807) is 24.3 Å². The van der Waals surface area contributed by atoms with Gasteiger partial charge >= 0.3 is 0 Å². The second-order valence-corrected chi connectivity index (χ2v) is 14.8. The van der Waals surface area contributed by atoms with Crippen LogP contribution in [-0.4, -0.2) is 34.4 Å². The standard InChI is InChI=1S/C18H30O4SSi/c1-7-11-15(22-24(5,6)18(2,3)4)16-17(21-16)23(19,20)14-12-9-8-10-13-14/h8-10,12-13,15-17H,7,11H2,1-6H3/t15-,16+,17+/m0/s1. The Hall–Kier alpha value is -0.693. The third kappa shape index (κ3) is 4.10. The highest BCUT2D eigenvalue weighted by atomic mass is 32.2. The summed E-state index contributed by atoms with van der Waals surface area (Å²) in [6, 6.07) is 8.53. The topological polar surface area (TPSA) is 55.9 Å². The van der Waals surface area contributed by atoms with Crippen LogP contribution < -0.4 is 0 Å². The van der Waals surface area contributed by atoms with E-state index in [4.69, 9.17) is 9.16 Å². The first-order chi connectivity index (χ1) is 11.0. The second-order valence-electron chi connectivity index (χ2n) is 8.03. The summed E-state index contributed by atoms with van der Waals surface area (Å²) in [4.78, 5) is 0.320. The number of ether oxygens (including phenoxy) is 1. The van der Waals surface area contributed by atoms with Crippen molar-refractivity contribution in [1.29, 1.82) is 0 Å². The van der Waals surface area contributed by atoms with E-state index < -0.39 is 23.6 Å². The van der Waals surface area contributed by atoms with Crippen molar-refractivity contribution in [3.8, 4) is 0 Å². The van der Waals surface area contributed by atoms with Crippen LogP contribution in [0, 0.1) is 0 Å². The van der Waals surface area contributed by atoms with Gasteiger partial charge in [0.05, 0.1) is 11.0 Å². The van der Waals surface area contributed by atoms with Gasteiger partial charge in [-0.15, -0.1) is 0 Å². The minimum atomic E-state index is -3.46. The molecule has 0 radical (unpaired) electrons. The van der Waals surface area contributed by atoms with Gasteiger partial charge in [-0.05, 0) is 36.7 Å². The third-order valence-electron chi connectivity index (χ3n) is 5.05. The van der Waals surface area contributed by atoms with Crippen LogP contribution in [0.5, 0.6) is 0 Å². The minimum absolute atomic E-state index is 0.0850. The zero-order chi connectivity index (χ0) is 18.2. The number of epoxide rings is 1. The summed E-state index contributed by atoms with van der Waals surface area (Å²) in [5.74, 6) is 0. The highest BCUT2D eigenvalue weighted by molar-refractivity contribution is 7.92. The molecule has 0 bridgehead atoms. The van der Waals surface area contributed by atoms with Gasteiger partial charge in [0.25, 0.3) is 0 Å². The summed E-state index contributed by atoms with van der Waals surface area (Å²) in [7, 11) is -5.43. The largest absolute Gasteiger partial charge is 0.411 e. The number of benzene rings is 1. The normalized spacial score (nSPS) is 23.1. The van der Waals surface area contributed by atoms with Crippen molar-refractivity contribution in [3.05, 3.63) is 30.3 Å². The van der Waals surface area contributed by atoms with Crippen LogP contribution in [0.1, 0.15) is 40.5 Å². The monoisotopic (exact) mass is 370 g/mol. The Morgan fingerprint density at radius 2 is 1.79 bits per heavy atom. The van der Waals surface area contributed by atoms with E-state index in [1.165, 1.54) is 0 Å². The maximum Gasteiger partial charge on any atom is 0.207 e. The maximum atomic E-state index is 12.7. The third-order valence-corrected chi connectivity index (χ3v) is 11.5. The van der Waals surface area contributed by atoms with Gasteiger partial charge in [-0.2, -0.15) is 0 Å². The average molecular weight is 371 g/mol. The van der Waals surface area contributed by atoms with Crippen molar-refractivity contribution in [1.82, 2.24) is 0 Å². The summed E-state index contributed by atoms with van der Waals surface area (Å²) < 4.78 is 37.5. The zero-order valence-corrected chi connectivity index (χ0v) is 17.4. The molecule has 2 rings (SSSR count). The lowest BCUT2D eigenvalue weighted by molar-refractivity contribution is 0.133. The van der Waals surface area contributed by atoms with Crippen molar-refractivity contribution in [2.45, 2.75) is 81.2 Å². The molecule has 0 aliphatic carbocycles. The van der Waals surface area contributed by atoms with Crippen LogP contribution >= 0.6 is 0 Å². The van der Waals surface area contributed by atoms with E-state index in [-0.39, 0.29) is 17.2 Å². The van der Waals surface area contributed by atoms with Gasteiger partial charge in [0.15, 0.2) is 13.8 Å². The Kier molecular flexibility index (Phi) is 5.64. The van der Waals surface area contributed by atoms with Crippen molar-refractivity contribution in [2.24, 2.45) is 0 Å². The van der Waals surface area contributed by atoms with E-state index in [2.05, 4.69) is 40.8 Å². The SMILES string of the molecule is CCC[C@H](O[Si](C)(C)C(C)(C)C)[C@H]1O[C@@H]1S(=O)(=O)c1ccccc1. The molecule has 136 valence electrons. The summed E-state index contributed by atoms with van der Waals surface area (Å²) >= 11 is 0. The molecule has 1 aromatic carbocycles. The first kappa shape index (κ1) is 19.6. The smallest absolute Gasteiger partial charge is 0.207 e. The van der Waals surface area contributed by atoms with E-state index in [0.29, 0.717) is 4.90 Å². The molecular weight excluding hydrogens is 340 g/mol. The molecule has 4 nitrogen and oxygen atoms in total. The van der Waals surface area contributed by atoms with Crippen LogP contribution in [0.3, 0.4) is 0 Å². The number of rotatable bonds is 7. The van der Waals surface area contributed by atoms with Gasteiger partial charge < -0.3 is 9.16 Å². The van der Waals surface area contributed by atoms with Gasteiger partial charge in [0, 0.05) is 0 Å². The Bertz CT molecular complexity index is 649. The summed E-state index contributed by atoms with van der Waals surface area (Å²) in [6.45, 7) is 13.0. The average Bonchev–Trinajstić information content (AvgIpc) is 3.27. The fraction of sp³-hybridized carbons (Fsp3) is 0.667. The molecule has 6 heteroatoms. The van der Waals surface area contributed by atoms with E-state index in [9.17, 15) is 8.42 Å². The molecule has 0 saturated carbocycles. The van der Waals surface area contributed by atoms with Gasteiger partial charge in [-0.1, -0.05) is 52.3 Å². The molecule has 1 aliphatic heterocycles. The predicted molar refractivity (Wildman–Crippen MR) is 99.3 cm³/mol. The van der Waals surface area contributed by atoms with Crippen LogP contribution in [0.2, 0.25) is 18.1 Å². The number of sulfone groups is 1. The first-order valence-electron chi connectivity index (χ1n) is 8.63. The minimum Gasteiger partial charge on any atom is -0.411 e. The molecule has 0 aromatic heterocycles. The molecule has 1 saturated heterocycles. The van der Waals surface area contributed by atoms with Gasteiger partial charge in [0.2, 0.25) is 9.84 Å². The lowest BCUT2D eigenvalue weighted by Crippen LogP contribution is -2.45. The maximum absolute atomic E-state index is 12.7. The van der Waals surface area contributed by atoms with Crippen LogP contribution in [-0.2, 0) is 19.0 Å². The molecule has 0 N–H and O–H groups in total. The Balaban J connectivity index is 2.15. The molecule has 0 spiro atoms. The van der Waals surface area contributed by atoms with Crippen LogP contribution in [0.25, 0.3) is 0 Å². The summed E-state index contributed by atoms with van der Waals surface area (Å²) in [5.41, 5.74) is -0.777. The Morgan fingerprint density at radius 3 is 2.29 bits per heavy atom. The highest BCUT2D eigenvalue weighted by Gasteiger charge is 2.55. The molecule has 1 aromatic rings. The van der Waals surface area contributed by atoms with Crippen molar-refractivity contribution < 1.29 is 17.6 Å². The second kappa shape index (κ2) is 6.90. The molecule has 1 fully saturated rings. The van der Waals surface area contributed by atoms with Crippen LogP contribution in [0.4, 0.5) is 0 Å². The highest BCUT2D eigenvalue weighted by Crippen LogP contribution is 2.42. The fourth-order valence-electron chi connectivity index (χ4n) is 2.50.